The molecule has 9 heteroatoms. The Bertz CT molecular complexity index is 1130. The van der Waals surface area contributed by atoms with E-state index in [4.69, 9.17) is 11.6 Å². The first-order valence-electron chi connectivity index (χ1n) is 9.57. The summed E-state index contributed by atoms with van der Waals surface area (Å²) < 4.78 is 1.79. The molecular formula is C20H22ClN5O2S. The summed E-state index contributed by atoms with van der Waals surface area (Å²) in [6.07, 6.45) is 3.72. The van der Waals surface area contributed by atoms with Crippen LogP contribution in [0.1, 0.15) is 25.3 Å². The molecule has 0 aliphatic carbocycles. The fourth-order valence-corrected chi connectivity index (χ4v) is 4.66. The zero-order chi connectivity index (χ0) is 20.5. The van der Waals surface area contributed by atoms with Crippen molar-refractivity contribution in [1.82, 2.24) is 14.5 Å². The Kier molecular flexibility index (Phi) is 5.56. The van der Waals surface area contributed by atoms with E-state index in [0.29, 0.717) is 27.0 Å². The van der Waals surface area contributed by atoms with Gasteiger partial charge >= 0.3 is 0 Å². The number of hydrogen-bond donors (Lipinski definition) is 1. The normalized spacial score (nSPS) is 16.9. The first-order chi connectivity index (χ1) is 13.9. The Morgan fingerprint density at radius 1 is 1.41 bits per heavy atom. The molecule has 1 aliphatic rings. The zero-order valence-corrected chi connectivity index (χ0v) is 17.9. The van der Waals surface area contributed by atoms with E-state index in [2.05, 4.69) is 27.1 Å². The Labute approximate surface area is 177 Å². The molecule has 1 fully saturated rings. The summed E-state index contributed by atoms with van der Waals surface area (Å²) in [5.74, 6) is 0.294. The Morgan fingerprint density at radius 3 is 3.00 bits per heavy atom. The SMILES string of the molecule is Cc1ccc(NC(=O)Cn2cnc3nc(N4CCC[C@H](C)C4)sc3c2=O)cc1Cl. The molecule has 0 saturated carbocycles. The standard InChI is InChI=1S/C20H22ClN5O2S/c1-12-4-3-7-25(9-12)20-24-18-17(29-20)19(28)26(11-22-18)10-16(27)23-14-6-5-13(2)15(21)8-14/h5-6,8,11-12H,3-4,7,9-10H2,1-2H3,(H,23,27)/t12-/m0/s1. The largest absolute Gasteiger partial charge is 0.348 e. The van der Waals surface area contributed by atoms with E-state index >= 15 is 0 Å². The molecule has 1 N–H and O–H groups in total. The Balaban J connectivity index is 1.53. The van der Waals surface area contributed by atoms with E-state index in [-0.39, 0.29) is 18.0 Å². The van der Waals surface area contributed by atoms with Crippen molar-refractivity contribution in [1.29, 1.82) is 0 Å². The average Bonchev–Trinajstić information content (AvgIpc) is 3.12. The molecule has 0 bridgehead atoms. The fraction of sp³-hybridized carbons (Fsp3) is 0.400. The lowest BCUT2D eigenvalue weighted by atomic mass is 10.0. The highest BCUT2D eigenvalue weighted by Gasteiger charge is 2.21. The summed E-state index contributed by atoms with van der Waals surface area (Å²) in [7, 11) is 0. The second-order valence-electron chi connectivity index (χ2n) is 7.53. The first kappa shape index (κ1) is 19.8. The van der Waals surface area contributed by atoms with E-state index in [9.17, 15) is 9.59 Å². The van der Waals surface area contributed by atoms with Crippen molar-refractivity contribution in [3.8, 4) is 0 Å². The number of benzene rings is 1. The maximum atomic E-state index is 12.8. The predicted octanol–water partition coefficient (Wildman–Crippen LogP) is 3.69. The van der Waals surface area contributed by atoms with Crippen LogP contribution >= 0.6 is 22.9 Å². The van der Waals surface area contributed by atoms with E-state index in [1.807, 2.05) is 13.0 Å². The van der Waals surface area contributed by atoms with Crippen LogP contribution in [0.3, 0.4) is 0 Å². The quantitative estimate of drug-likeness (QED) is 0.681. The molecule has 1 atom stereocenters. The lowest BCUT2D eigenvalue weighted by molar-refractivity contribution is -0.116. The van der Waals surface area contributed by atoms with Gasteiger partial charge in [0, 0.05) is 23.8 Å². The van der Waals surface area contributed by atoms with Crippen molar-refractivity contribution < 1.29 is 4.79 Å². The van der Waals surface area contributed by atoms with Crippen LogP contribution in [-0.4, -0.2) is 33.5 Å². The number of aromatic nitrogens is 3. The number of fused-ring (bicyclic) bond motifs is 1. The minimum absolute atomic E-state index is 0.124. The van der Waals surface area contributed by atoms with Gasteiger partial charge in [0.15, 0.2) is 10.8 Å². The van der Waals surface area contributed by atoms with E-state index < -0.39 is 0 Å². The van der Waals surface area contributed by atoms with Crippen LogP contribution in [0.25, 0.3) is 10.3 Å². The third kappa shape index (κ3) is 4.28. The molecule has 3 aromatic rings. The molecular weight excluding hydrogens is 410 g/mol. The molecule has 152 valence electrons. The summed E-state index contributed by atoms with van der Waals surface area (Å²) in [5, 5.41) is 4.17. The summed E-state index contributed by atoms with van der Waals surface area (Å²) in [6.45, 7) is 5.88. The van der Waals surface area contributed by atoms with Crippen LogP contribution in [0.2, 0.25) is 5.02 Å². The van der Waals surface area contributed by atoms with Gasteiger partial charge in [0.05, 0.1) is 0 Å². The number of aryl methyl sites for hydroxylation is 1. The monoisotopic (exact) mass is 431 g/mol. The Morgan fingerprint density at radius 2 is 2.24 bits per heavy atom. The third-order valence-electron chi connectivity index (χ3n) is 5.07. The second kappa shape index (κ2) is 8.12. The van der Waals surface area contributed by atoms with Gasteiger partial charge < -0.3 is 10.2 Å². The van der Waals surface area contributed by atoms with Gasteiger partial charge in [-0.3, -0.25) is 14.2 Å². The number of nitrogens with zero attached hydrogens (tertiary/aromatic N) is 4. The van der Waals surface area contributed by atoms with Gasteiger partial charge in [-0.25, -0.2) is 4.98 Å². The average molecular weight is 432 g/mol. The Hall–Kier alpha value is -2.45. The van der Waals surface area contributed by atoms with Crippen LogP contribution < -0.4 is 15.8 Å². The molecule has 7 nitrogen and oxygen atoms in total. The van der Waals surface area contributed by atoms with Gasteiger partial charge in [0.2, 0.25) is 5.91 Å². The number of amides is 1. The molecule has 29 heavy (non-hydrogen) atoms. The molecule has 4 rings (SSSR count). The minimum atomic E-state index is -0.317. The highest BCUT2D eigenvalue weighted by Crippen LogP contribution is 2.29. The van der Waals surface area contributed by atoms with Crippen LogP contribution in [0.5, 0.6) is 0 Å². The van der Waals surface area contributed by atoms with Crippen LogP contribution in [0.15, 0.2) is 29.3 Å². The van der Waals surface area contributed by atoms with E-state index in [1.165, 1.54) is 28.7 Å². The van der Waals surface area contributed by atoms with Crippen molar-refractivity contribution >= 4 is 50.0 Å². The van der Waals surface area contributed by atoms with Crippen molar-refractivity contribution in [3.05, 3.63) is 45.5 Å². The number of carbonyl (C=O) groups excluding carboxylic acids is 1. The summed E-state index contributed by atoms with van der Waals surface area (Å²) >= 11 is 7.45. The van der Waals surface area contributed by atoms with Gasteiger partial charge in [-0.05, 0) is 43.4 Å². The number of thiazole rings is 1. The number of piperidine rings is 1. The smallest absolute Gasteiger partial charge is 0.273 e. The van der Waals surface area contributed by atoms with Crippen molar-refractivity contribution in [3.63, 3.8) is 0 Å². The van der Waals surface area contributed by atoms with Gasteiger partial charge in [0.1, 0.15) is 17.6 Å². The number of hydrogen-bond acceptors (Lipinski definition) is 6. The second-order valence-corrected chi connectivity index (χ2v) is 8.92. The number of halogens is 1. The molecule has 1 aromatic carbocycles. The summed E-state index contributed by atoms with van der Waals surface area (Å²) in [6, 6.07) is 5.30. The zero-order valence-electron chi connectivity index (χ0n) is 16.3. The molecule has 0 unspecified atom stereocenters. The maximum Gasteiger partial charge on any atom is 0.273 e. The molecule has 3 heterocycles. The van der Waals surface area contributed by atoms with Crippen LogP contribution in [0, 0.1) is 12.8 Å². The first-order valence-corrected chi connectivity index (χ1v) is 10.8. The van der Waals surface area contributed by atoms with Crippen LogP contribution in [-0.2, 0) is 11.3 Å². The molecule has 1 aliphatic heterocycles. The summed E-state index contributed by atoms with van der Waals surface area (Å²) in [5.41, 5.74) is 1.71. The van der Waals surface area contributed by atoms with Gasteiger partial charge in [-0.2, -0.15) is 4.98 Å². The van der Waals surface area contributed by atoms with E-state index in [1.54, 1.807) is 12.1 Å². The number of rotatable bonds is 4. The third-order valence-corrected chi connectivity index (χ3v) is 6.57. The minimum Gasteiger partial charge on any atom is -0.348 e. The van der Waals surface area contributed by atoms with Crippen molar-refractivity contribution in [2.45, 2.75) is 33.2 Å². The number of carbonyl (C=O) groups is 1. The molecule has 1 saturated heterocycles. The highest BCUT2D eigenvalue weighted by molar-refractivity contribution is 7.22. The predicted molar refractivity (Wildman–Crippen MR) is 117 cm³/mol. The molecule has 2 aromatic heterocycles. The lowest BCUT2D eigenvalue weighted by Gasteiger charge is -2.30. The topological polar surface area (TPSA) is 80.1 Å². The lowest BCUT2D eigenvalue weighted by Crippen LogP contribution is -2.34. The van der Waals surface area contributed by atoms with E-state index in [0.717, 1.165) is 30.2 Å². The number of nitrogens with one attached hydrogen (secondary N) is 1. The van der Waals surface area contributed by atoms with Crippen LogP contribution in [0.4, 0.5) is 10.8 Å². The molecule has 0 radical (unpaired) electrons. The summed E-state index contributed by atoms with van der Waals surface area (Å²) in [4.78, 5) is 36.3. The number of anilines is 2. The maximum absolute atomic E-state index is 12.8. The van der Waals surface area contributed by atoms with Crippen molar-refractivity contribution in [2.24, 2.45) is 5.92 Å². The fourth-order valence-electron chi connectivity index (χ4n) is 3.47. The van der Waals surface area contributed by atoms with Gasteiger partial charge in [0.25, 0.3) is 5.56 Å². The molecule has 0 spiro atoms. The van der Waals surface area contributed by atoms with Gasteiger partial charge in [-0.1, -0.05) is 35.9 Å². The van der Waals surface area contributed by atoms with Gasteiger partial charge in [-0.15, -0.1) is 0 Å². The molecule has 1 amide bonds. The van der Waals surface area contributed by atoms with Crippen molar-refractivity contribution in [2.75, 3.05) is 23.3 Å². The highest BCUT2D eigenvalue weighted by atomic mass is 35.5.